The van der Waals surface area contributed by atoms with Gasteiger partial charge < -0.3 is 14.6 Å². The fourth-order valence-electron chi connectivity index (χ4n) is 6.79. The van der Waals surface area contributed by atoms with Crippen LogP contribution in [-0.2, 0) is 19.3 Å². The number of hydrogen-bond acceptors (Lipinski definition) is 3. The second kappa shape index (κ2) is 25.1. The van der Waals surface area contributed by atoms with Gasteiger partial charge in [0.15, 0.2) is 0 Å². The van der Waals surface area contributed by atoms with Gasteiger partial charge in [0.2, 0.25) is 0 Å². The van der Waals surface area contributed by atoms with Gasteiger partial charge in [-0.15, -0.1) is 0 Å². The van der Waals surface area contributed by atoms with Gasteiger partial charge in [0, 0.05) is 16.7 Å². The Morgan fingerprint density at radius 3 is 1.00 bits per heavy atom. The second-order valence-electron chi connectivity index (χ2n) is 13.9. The van der Waals surface area contributed by atoms with E-state index in [-0.39, 0.29) is 0 Å². The van der Waals surface area contributed by atoms with Crippen molar-refractivity contribution in [1.29, 1.82) is 0 Å². The highest BCUT2D eigenvalue weighted by molar-refractivity contribution is 5.64. The Morgan fingerprint density at radius 1 is 0.375 bits per heavy atom. The molecule has 266 valence electrons. The molecule has 3 heteroatoms. The summed E-state index contributed by atoms with van der Waals surface area (Å²) in [4.78, 5) is 0. The van der Waals surface area contributed by atoms with Crippen molar-refractivity contribution in [3.8, 4) is 28.7 Å². The molecule has 0 fully saturated rings. The van der Waals surface area contributed by atoms with Crippen LogP contribution in [-0.4, -0.2) is 5.11 Å². The molecule has 0 bridgehead atoms. The average Bonchev–Trinajstić information content (AvgIpc) is 3.11. The molecular weight excluding hydrogens is 588 g/mol. The third kappa shape index (κ3) is 14.7. The maximum absolute atomic E-state index is 12.2. The lowest BCUT2D eigenvalue weighted by atomic mass is 9.91. The fourth-order valence-corrected chi connectivity index (χ4v) is 6.79. The van der Waals surface area contributed by atoms with Crippen molar-refractivity contribution in [1.82, 2.24) is 0 Å². The Morgan fingerprint density at radius 2 is 0.667 bits per heavy atom. The molecule has 0 saturated heterocycles. The number of para-hydroxylation sites is 2. The zero-order valence-corrected chi connectivity index (χ0v) is 31.0. The van der Waals surface area contributed by atoms with Crippen LogP contribution < -0.4 is 9.47 Å². The maximum atomic E-state index is 12.2. The van der Waals surface area contributed by atoms with Crippen LogP contribution in [0, 0.1) is 0 Å². The number of phenolic OH excluding ortho intramolecular Hbond substituents is 1. The van der Waals surface area contributed by atoms with Crippen LogP contribution in [0.4, 0.5) is 0 Å². The van der Waals surface area contributed by atoms with Crippen LogP contribution in [0.15, 0.2) is 60.7 Å². The minimum absolute atomic E-state index is 0.396. The number of benzene rings is 3. The predicted octanol–water partition coefficient (Wildman–Crippen LogP) is 14.9. The zero-order valence-electron chi connectivity index (χ0n) is 31.0. The molecule has 1 N–H and O–H groups in total. The molecule has 0 aliphatic carbocycles. The SMILES string of the molecule is CCCCCCCCCc1c(O)c(CCCCCCCCC)c(Oc2ccccc2)c(CCCCCCCCC)c1Oc1ccccc1. The van der Waals surface area contributed by atoms with E-state index in [1.807, 2.05) is 60.7 Å². The highest BCUT2D eigenvalue weighted by Crippen LogP contribution is 2.48. The molecule has 3 aromatic rings. The van der Waals surface area contributed by atoms with Gasteiger partial charge in [0.1, 0.15) is 28.7 Å². The average molecular weight is 657 g/mol. The van der Waals surface area contributed by atoms with E-state index in [1.54, 1.807) is 0 Å². The summed E-state index contributed by atoms with van der Waals surface area (Å²) in [5, 5.41) is 12.2. The highest BCUT2D eigenvalue weighted by Gasteiger charge is 2.27. The summed E-state index contributed by atoms with van der Waals surface area (Å²) in [5.41, 5.74) is 3.08. The van der Waals surface area contributed by atoms with E-state index in [0.29, 0.717) is 5.75 Å². The Kier molecular flexibility index (Phi) is 20.6. The highest BCUT2D eigenvalue weighted by atomic mass is 16.5. The smallest absolute Gasteiger partial charge is 0.141 e. The molecule has 0 heterocycles. The predicted molar refractivity (Wildman–Crippen MR) is 206 cm³/mol. The van der Waals surface area contributed by atoms with Crippen LogP contribution in [0.3, 0.4) is 0 Å². The third-order valence-corrected chi connectivity index (χ3v) is 9.69. The lowest BCUT2D eigenvalue weighted by Gasteiger charge is -2.25. The van der Waals surface area contributed by atoms with Crippen LogP contribution in [0.2, 0.25) is 0 Å². The first-order valence-electron chi connectivity index (χ1n) is 20.0. The first-order valence-corrected chi connectivity index (χ1v) is 20.0. The van der Waals surface area contributed by atoms with E-state index in [1.165, 1.54) is 116 Å². The topological polar surface area (TPSA) is 38.7 Å². The number of aromatic hydroxyl groups is 1. The molecule has 3 nitrogen and oxygen atoms in total. The maximum Gasteiger partial charge on any atom is 0.141 e. The van der Waals surface area contributed by atoms with Crippen LogP contribution in [0.25, 0.3) is 0 Å². The first kappa shape index (κ1) is 39.5. The van der Waals surface area contributed by atoms with Crippen molar-refractivity contribution in [2.24, 2.45) is 0 Å². The minimum Gasteiger partial charge on any atom is -0.507 e. The monoisotopic (exact) mass is 657 g/mol. The largest absolute Gasteiger partial charge is 0.507 e. The summed E-state index contributed by atoms with van der Waals surface area (Å²) in [6.07, 6.45) is 28.7. The number of unbranched alkanes of at least 4 members (excludes halogenated alkanes) is 18. The molecule has 0 saturated carbocycles. The summed E-state index contributed by atoms with van der Waals surface area (Å²) in [7, 11) is 0. The summed E-state index contributed by atoms with van der Waals surface area (Å²) >= 11 is 0. The zero-order chi connectivity index (χ0) is 34.1. The Hall–Kier alpha value is -2.94. The number of phenols is 1. The summed E-state index contributed by atoms with van der Waals surface area (Å²) in [6, 6.07) is 20.2. The Bertz CT molecular complexity index is 1140. The molecule has 0 atom stereocenters. The van der Waals surface area contributed by atoms with Crippen LogP contribution in [0.1, 0.15) is 172 Å². The van der Waals surface area contributed by atoms with E-state index in [9.17, 15) is 5.11 Å². The van der Waals surface area contributed by atoms with Crippen molar-refractivity contribution in [3.63, 3.8) is 0 Å². The Balaban J connectivity index is 2.00. The van der Waals surface area contributed by atoms with Crippen LogP contribution in [0.5, 0.6) is 28.7 Å². The third-order valence-electron chi connectivity index (χ3n) is 9.69. The number of hydrogen-bond donors (Lipinski definition) is 1. The molecule has 3 rings (SSSR count). The van der Waals surface area contributed by atoms with Gasteiger partial charge in [-0.25, -0.2) is 0 Å². The lowest BCUT2D eigenvalue weighted by molar-refractivity contribution is 0.406. The van der Waals surface area contributed by atoms with Gasteiger partial charge in [0.25, 0.3) is 0 Å². The van der Waals surface area contributed by atoms with Crippen molar-refractivity contribution in [2.75, 3.05) is 0 Å². The molecule has 0 radical (unpaired) electrons. The summed E-state index contributed by atoms with van der Waals surface area (Å²) < 4.78 is 13.6. The fraction of sp³-hybridized carbons (Fsp3) is 0.600. The molecular formula is C45H68O3. The van der Waals surface area contributed by atoms with Crippen molar-refractivity contribution in [2.45, 2.75) is 175 Å². The van der Waals surface area contributed by atoms with Crippen LogP contribution >= 0.6 is 0 Å². The minimum atomic E-state index is 0.396. The normalized spacial score (nSPS) is 11.2. The van der Waals surface area contributed by atoms with E-state index in [2.05, 4.69) is 20.8 Å². The first-order chi connectivity index (χ1) is 23.7. The van der Waals surface area contributed by atoms with Gasteiger partial charge >= 0.3 is 0 Å². The molecule has 0 unspecified atom stereocenters. The van der Waals surface area contributed by atoms with Gasteiger partial charge in [-0.05, 0) is 62.8 Å². The van der Waals surface area contributed by atoms with Gasteiger partial charge in [-0.3, -0.25) is 0 Å². The molecule has 0 spiro atoms. The van der Waals surface area contributed by atoms with Crippen molar-refractivity contribution < 1.29 is 14.6 Å². The standard InChI is InChI=1S/C45H68O3/c1-4-7-10-13-16-19-28-35-40-43(46)41(36-29-20-17-14-11-8-5-2)45(48-39-33-26-23-27-34-39)42(37-30-21-18-15-12-9-6-3)44(40)47-38-31-24-22-25-32-38/h22-27,31-34,46H,4-21,28-30,35-37H2,1-3H3. The summed E-state index contributed by atoms with van der Waals surface area (Å²) in [6.45, 7) is 6.83. The van der Waals surface area contributed by atoms with Gasteiger partial charge in [-0.2, -0.15) is 0 Å². The molecule has 48 heavy (non-hydrogen) atoms. The van der Waals surface area contributed by atoms with Crippen molar-refractivity contribution in [3.05, 3.63) is 77.4 Å². The van der Waals surface area contributed by atoms with E-state index < -0.39 is 0 Å². The second-order valence-corrected chi connectivity index (χ2v) is 13.9. The molecule has 0 aliphatic rings. The lowest BCUT2D eigenvalue weighted by Crippen LogP contribution is -2.06. The van der Waals surface area contributed by atoms with Gasteiger partial charge in [-0.1, -0.05) is 173 Å². The van der Waals surface area contributed by atoms with E-state index in [4.69, 9.17) is 9.47 Å². The number of rotatable bonds is 28. The molecule has 0 aliphatic heterocycles. The number of ether oxygens (including phenoxy) is 2. The molecule has 0 amide bonds. The van der Waals surface area contributed by atoms with E-state index >= 15 is 0 Å². The molecule has 3 aromatic carbocycles. The molecule has 0 aromatic heterocycles. The quantitative estimate of drug-likeness (QED) is 0.0791. The van der Waals surface area contributed by atoms with Gasteiger partial charge in [0.05, 0.1) is 0 Å². The summed E-state index contributed by atoms with van der Waals surface area (Å²) in [5.74, 6) is 3.66. The van der Waals surface area contributed by atoms with E-state index in [0.717, 1.165) is 78.2 Å². The van der Waals surface area contributed by atoms with Crippen molar-refractivity contribution >= 4 is 0 Å². The Labute approximate surface area is 294 Å².